The number of allylic oxidation sites excluding steroid dienone is 1. The molecule has 0 atom stereocenters. The van der Waals surface area contributed by atoms with Gasteiger partial charge in [0, 0.05) is 0 Å². The van der Waals surface area contributed by atoms with E-state index in [4.69, 9.17) is 0 Å². The number of hydrogen-bond donors (Lipinski definition) is 0. The highest BCUT2D eigenvalue weighted by Crippen LogP contribution is 2.22. The molecule has 1 nitrogen and oxygen atoms in total. The van der Waals surface area contributed by atoms with Crippen molar-refractivity contribution in [3.05, 3.63) is 12.2 Å². The summed E-state index contributed by atoms with van der Waals surface area (Å²) in [5.41, 5.74) is 0.912. The Morgan fingerprint density at radius 1 is 1.40 bits per heavy atom. The quantitative estimate of drug-likeness (QED) is 0.539. The van der Waals surface area contributed by atoms with E-state index in [1.54, 1.807) is 6.92 Å². The molecule has 0 saturated heterocycles. The third-order valence-electron chi connectivity index (χ3n) is 1.24. The lowest BCUT2D eigenvalue weighted by molar-refractivity contribution is -0.113. The lowest BCUT2D eigenvalue weighted by Crippen LogP contribution is -2.09. The third-order valence-corrected chi connectivity index (χ3v) is 1.24. The smallest absolute Gasteiger partial charge is 0.155 e. The standard InChI is InChI=1S/C9H16O/c1-7(8(2)10)6-9(3,4)5/h1,6H2,2-5H3. The fraction of sp³-hybridized carbons (Fsp3) is 0.667. The van der Waals surface area contributed by atoms with Crippen LogP contribution in [0.3, 0.4) is 0 Å². The van der Waals surface area contributed by atoms with Crippen LogP contribution in [-0.4, -0.2) is 5.78 Å². The third kappa shape index (κ3) is 4.30. The summed E-state index contributed by atoms with van der Waals surface area (Å²) in [6.07, 6.45) is 0.794. The first kappa shape index (κ1) is 9.41. The van der Waals surface area contributed by atoms with E-state index in [1.165, 1.54) is 0 Å². The van der Waals surface area contributed by atoms with E-state index >= 15 is 0 Å². The average Bonchev–Trinajstić information content (AvgIpc) is 1.60. The Labute approximate surface area is 63.1 Å². The largest absolute Gasteiger partial charge is 0.295 e. The number of carbonyl (C=O) groups is 1. The molecule has 0 saturated carbocycles. The van der Waals surface area contributed by atoms with Gasteiger partial charge in [0.15, 0.2) is 5.78 Å². The van der Waals surface area contributed by atoms with Crippen molar-refractivity contribution in [2.75, 3.05) is 0 Å². The maximum Gasteiger partial charge on any atom is 0.155 e. The molecule has 1 heteroatoms. The van der Waals surface area contributed by atoms with Crippen LogP contribution in [0, 0.1) is 5.41 Å². The van der Waals surface area contributed by atoms with E-state index < -0.39 is 0 Å². The summed E-state index contributed by atoms with van der Waals surface area (Å²) in [6.45, 7) is 11.5. The minimum atomic E-state index is 0.106. The van der Waals surface area contributed by atoms with Crippen LogP contribution in [0.1, 0.15) is 34.1 Å². The average molecular weight is 140 g/mol. The van der Waals surface area contributed by atoms with E-state index in [1.807, 2.05) is 0 Å². The normalized spacial score (nSPS) is 11.2. The molecule has 0 aromatic rings. The first-order valence-electron chi connectivity index (χ1n) is 3.51. The van der Waals surface area contributed by atoms with E-state index in [0.717, 1.165) is 12.0 Å². The first-order chi connectivity index (χ1) is 4.33. The van der Waals surface area contributed by atoms with Gasteiger partial charge >= 0.3 is 0 Å². The van der Waals surface area contributed by atoms with Crippen LogP contribution >= 0.6 is 0 Å². The second-order valence-corrected chi connectivity index (χ2v) is 3.90. The summed E-state index contributed by atoms with van der Waals surface area (Å²) in [7, 11) is 0. The minimum absolute atomic E-state index is 0.106. The van der Waals surface area contributed by atoms with Crippen LogP contribution < -0.4 is 0 Å². The van der Waals surface area contributed by atoms with Gasteiger partial charge < -0.3 is 0 Å². The molecular formula is C9H16O. The summed E-state index contributed by atoms with van der Waals surface area (Å²) in [4.78, 5) is 10.7. The summed E-state index contributed by atoms with van der Waals surface area (Å²) < 4.78 is 0. The summed E-state index contributed by atoms with van der Waals surface area (Å²) in [5, 5.41) is 0. The number of hydrogen-bond acceptors (Lipinski definition) is 1. The molecule has 0 rings (SSSR count). The van der Waals surface area contributed by atoms with Crippen LogP contribution in [0.2, 0.25) is 0 Å². The fourth-order valence-electron chi connectivity index (χ4n) is 0.765. The predicted molar refractivity (Wildman–Crippen MR) is 43.9 cm³/mol. The molecule has 0 unspecified atom stereocenters. The van der Waals surface area contributed by atoms with Crippen molar-refractivity contribution < 1.29 is 4.79 Å². The van der Waals surface area contributed by atoms with E-state index in [9.17, 15) is 4.79 Å². The minimum Gasteiger partial charge on any atom is -0.295 e. The summed E-state index contributed by atoms with van der Waals surface area (Å²) in [6, 6.07) is 0. The van der Waals surface area contributed by atoms with Crippen molar-refractivity contribution >= 4 is 5.78 Å². The molecule has 0 fully saturated rings. The second kappa shape index (κ2) is 3.00. The van der Waals surface area contributed by atoms with Gasteiger partial charge in [-0.2, -0.15) is 0 Å². The molecule has 0 spiro atoms. The van der Waals surface area contributed by atoms with Gasteiger partial charge in [-0.1, -0.05) is 27.4 Å². The van der Waals surface area contributed by atoms with Crippen molar-refractivity contribution in [3.8, 4) is 0 Å². The Morgan fingerprint density at radius 3 is 1.90 bits per heavy atom. The molecule has 0 aliphatic rings. The van der Waals surface area contributed by atoms with Crippen molar-refractivity contribution in [1.82, 2.24) is 0 Å². The Balaban J connectivity index is 3.93. The van der Waals surface area contributed by atoms with Crippen LogP contribution in [0.25, 0.3) is 0 Å². The Bertz CT molecular complexity index is 149. The highest BCUT2D eigenvalue weighted by atomic mass is 16.1. The molecule has 10 heavy (non-hydrogen) atoms. The molecule has 0 radical (unpaired) electrons. The van der Waals surface area contributed by atoms with Gasteiger partial charge in [-0.3, -0.25) is 4.79 Å². The van der Waals surface area contributed by atoms with Gasteiger partial charge in [0.25, 0.3) is 0 Å². The molecule has 0 aliphatic carbocycles. The zero-order valence-corrected chi connectivity index (χ0v) is 7.32. The van der Waals surface area contributed by atoms with E-state index in [0.29, 0.717) is 0 Å². The number of carbonyl (C=O) groups excluding carboxylic acids is 1. The van der Waals surface area contributed by atoms with Crippen molar-refractivity contribution in [2.45, 2.75) is 34.1 Å². The van der Waals surface area contributed by atoms with Crippen molar-refractivity contribution in [3.63, 3.8) is 0 Å². The number of rotatable bonds is 2. The van der Waals surface area contributed by atoms with Crippen molar-refractivity contribution in [2.24, 2.45) is 5.41 Å². The predicted octanol–water partition coefficient (Wildman–Crippen LogP) is 2.57. The molecule has 0 aromatic heterocycles. The van der Waals surface area contributed by atoms with Gasteiger partial charge in [0.05, 0.1) is 0 Å². The summed E-state index contributed by atoms with van der Waals surface area (Å²) in [5.74, 6) is 0.106. The molecule has 0 bridgehead atoms. The SMILES string of the molecule is C=C(CC(C)(C)C)C(C)=O. The van der Waals surface area contributed by atoms with Gasteiger partial charge in [-0.25, -0.2) is 0 Å². The highest BCUT2D eigenvalue weighted by molar-refractivity contribution is 5.92. The fourth-order valence-corrected chi connectivity index (χ4v) is 0.765. The van der Waals surface area contributed by atoms with Gasteiger partial charge in [0.1, 0.15) is 0 Å². The van der Waals surface area contributed by atoms with Crippen LogP contribution in [0.15, 0.2) is 12.2 Å². The van der Waals surface area contributed by atoms with Crippen molar-refractivity contribution in [1.29, 1.82) is 0 Å². The van der Waals surface area contributed by atoms with Gasteiger partial charge in [-0.15, -0.1) is 0 Å². The van der Waals surface area contributed by atoms with Gasteiger partial charge in [-0.05, 0) is 24.3 Å². The first-order valence-corrected chi connectivity index (χ1v) is 3.51. The second-order valence-electron chi connectivity index (χ2n) is 3.90. The Morgan fingerprint density at radius 2 is 1.80 bits per heavy atom. The lowest BCUT2D eigenvalue weighted by atomic mass is 9.87. The zero-order valence-electron chi connectivity index (χ0n) is 7.32. The molecule has 0 aliphatic heterocycles. The molecular weight excluding hydrogens is 124 g/mol. The maximum absolute atomic E-state index is 10.7. The lowest BCUT2D eigenvalue weighted by Gasteiger charge is -2.17. The molecule has 0 amide bonds. The highest BCUT2D eigenvalue weighted by Gasteiger charge is 2.13. The Kier molecular flexibility index (Phi) is 2.82. The molecule has 58 valence electrons. The molecule has 0 aromatic carbocycles. The number of Topliss-reactive ketones (excluding diaryl/α,β-unsaturated/α-hetero) is 1. The summed E-state index contributed by atoms with van der Waals surface area (Å²) >= 11 is 0. The van der Waals surface area contributed by atoms with Crippen LogP contribution in [0.4, 0.5) is 0 Å². The molecule has 0 N–H and O–H groups in total. The van der Waals surface area contributed by atoms with Crippen LogP contribution in [0.5, 0.6) is 0 Å². The van der Waals surface area contributed by atoms with E-state index in [2.05, 4.69) is 27.4 Å². The topological polar surface area (TPSA) is 17.1 Å². The molecule has 0 heterocycles. The van der Waals surface area contributed by atoms with Gasteiger partial charge in [0.2, 0.25) is 0 Å². The van der Waals surface area contributed by atoms with E-state index in [-0.39, 0.29) is 11.2 Å². The van der Waals surface area contributed by atoms with Crippen LogP contribution in [-0.2, 0) is 4.79 Å². The zero-order chi connectivity index (χ0) is 8.36. The monoisotopic (exact) mass is 140 g/mol. The maximum atomic E-state index is 10.7. The Hall–Kier alpha value is -0.590. The number of ketones is 1.